The zero-order chi connectivity index (χ0) is 62.6. The molecule has 0 fully saturated rings. The molecule has 2 atom stereocenters. The monoisotopic (exact) mass is 1230 g/mol. The number of nitrogens with zero attached hydrogens (tertiary/aromatic N) is 1. The molecule has 0 heterocycles. The minimum Gasteiger partial charge on any atom is -0.462 e. The van der Waals surface area contributed by atoms with Crippen molar-refractivity contribution in [3.05, 3.63) is 85.1 Å². The molecular formula is C76H139NO8P+. The van der Waals surface area contributed by atoms with E-state index in [2.05, 4.69) is 98.9 Å². The Hall–Kier alpha value is -2.81. The van der Waals surface area contributed by atoms with Gasteiger partial charge in [-0.25, -0.2) is 4.57 Å². The number of likely N-dealkylation sites (N-methyl/N-ethyl adjacent to an activating group) is 1. The van der Waals surface area contributed by atoms with Gasteiger partial charge < -0.3 is 18.9 Å². The first-order valence-corrected chi connectivity index (χ1v) is 37.8. The van der Waals surface area contributed by atoms with Crippen LogP contribution >= 0.6 is 7.82 Å². The van der Waals surface area contributed by atoms with Gasteiger partial charge in [-0.2, -0.15) is 0 Å². The minimum absolute atomic E-state index is 0.0296. The van der Waals surface area contributed by atoms with Crippen molar-refractivity contribution in [3.8, 4) is 0 Å². The maximum absolute atomic E-state index is 12.9. The number of phosphoric ester groups is 1. The lowest BCUT2D eigenvalue weighted by molar-refractivity contribution is -0.870. The second-order valence-electron chi connectivity index (χ2n) is 25.6. The number of hydrogen-bond acceptors (Lipinski definition) is 7. The molecule has 0 aromatic carbocycles. The molecule has 0 aliphatic carbocycles. The Morgan fingerprint density at radius 1 is 0.372 bits per heavy atom. The first-order chi connectivity index (χ1) is 42.0. The van der Waals surface area contributed by atoms with Crippen molar-refractivity contribution in [1.82, 2.24) is 0 Å². The molecule has 0 bridgehead atoms. The summed E-state index contributed by atoms with van der Waals surface area (Å²) < 4.78 is 34.7. The summed E-state index contributed by atoms with van der Waals surface area (Å²) in [5.41, 5.74) is 0. The van der Waals surface area contributed by atoms with Crippen LogP contribution in [-0.2, 0) is 32.7 Å². The number of carbonyl (C=O) groups excluding carboxylic acids is 2. The Bertz CT molecular complexity index is 1730. The van der Waals surface area contributed by atoms with Gasteiger partial charge in [0.1, 0.15) is 19.8 Å². The van der Waals surface area contributed by atoms with Crippen LogP contribution in [-0.4, -0.2) is 74.9 Å². The molecule has 0 radical (unpaired) electrons. The summed E-state index contributed by atoms with van der Waals surface area (Å²) >= 11 is 0. The predicted octanol–water partition coefficient (Wildman–Crippen LogP) is 23.7. The van der Waals surface area contributed by atoms with Gasteiger partial charge in [0, 0.05) is 12.8 Å². The van der Waals surface area contributed by atoms with Crippen LogP contribution in [0.25, 0.3) is 0 Å². The molecule has 86 heavy (non-hydrogen) atoms. The Morgan fingerprint density at radius 2 is 0.663 bits per heavy atom. The van der Waals surface area contributed by atoms with Crippen LogP contribution in [0, 0.1) is 0 Å². The van der Waals surface area contributed by atoms with Gasteiger partial charge in [-0.15, -0.1) is 0 Å². The minimum atomic E-state index is -4.40. The lowest BCUT2D eigenvalue weighted by atomic mass is 10.0. The van der Waals surface area contributed by atoms with E-state index in [1.807, 2.05) is 21.1 Å². The number of hydrogen-bond donors (Lipinski definition) is 1. The number of quaternary nitrogens is 1. The molecule has 2 unspecified atom stereocenters. The largest absolute Gasteiger partial charge is 0.472 e. The SMILES string of the molecule is CC/C=C\C/C=C\C/C=C\C/C=C\CCCCCCCCCCCCC(=O)OC(COC(=O)CCCCCCCCCCCCCCCCCCCCCCCCCC/C=C\C/C=C\C/C=C\CCCCCCC)COP(=O)(O)OCC[N+](C)(C)C. The van der Waals surface area contributed by atoms with E-state index in [1.54, 1.807) is 0 Å². The first-order valence-electron chi connectivity index (χ1n) is 36.3. The van der Waals surface area contributed by atoms with Gasteiger partial charge in [0.15, 0.2) is 6.10 Å². The molecule has 0 aromatic heterocycles. The smallest absolute Gasteiger partial charge is 0.462 e. The van der Waals surface area contributed by atoms with Crippen LogP contribution < -0.4 is 0 Å². The fraction of sp³-hybridized carbons (Fsp3) is 0.789. The highest BCUT2D eigenvalue weighted by atomic mass is 31.2. The molecular weight excluding hydrogens is 1090 g/mol. The van der Waals surface area contributed by atoms with Crippen molar-refractivity contribution in [2.75, 3.05) is 47.5 Å². The highest BCUT2D eigenvalue weighted by molar-refractivity contribution is 7.47. The molecule has 0 rings (SSSR count). The number of allylic oxidation sites excluding steroid dienone is 14. The third kappa shape index (κ3) is 70.3. The van der Waals surface area contributed by atoms with Crippen molar-refractivity contribution >= 4 is 19.8 Å². The maximum Gasteiger partial charge on any atom is 0.472 e. The van der Waals surface area contributed by atoms with Crippen molar-refractivity contribution in [2.45, 2.75) is 341 Å². The number of esters is 2. The average Bonchev–Trinajstić information content (AvgIpc) is 3.56. The Morgan fingerprint density at radius 3 is 0.988 bits per heavy atom. The summed E-state index contributed by atoms with van der Waals surface area (Å²) in [6.45, 7) is 4.34. The number of rotatable bonds is 67. The van der Waals surface area contributed by atoms with E-state index in [9.17, 15) is 19.0 Å². The van der Waals surface area contributed by atoms with Crippen LogP contribution in [0.2, 0.25) is 0 Å². The van der Waals surface area contributed by atoms with E-state index in [-0.39, 0.29) is 32.0 Å². The van der Waals surface area contributed by atoms with E-state index < -0.39 is 26.5 Å². The second kappa shape index (κ2) is 66.6. The van der Waals surface area contributed by atoms with Crippen LogP contribution in [0.1, 0.15) is 335 Å². The third-order valence-corrected chi connectivity index (χ3v) is 16.9. The Balaban J connectivity index is 3.94. The summed E-state index contributed by atoms with van der Waals surface area (Å²) in [7, 11) is 1.48. The highest BCUT2D eigenvalue weighted by Gasteiger charge is 2.27. The molecule has 0 saturated carbocycles. The zero-order valence-corrected chi connectivity index (χ0v) is 57.9. The molecule has 9 nitrogen and oxygen atoms in total. The van der Waals surface area contributed by atoms with Crippen molar-refractivity contribution in [2.24, 2.45) is 0 Å². The van der Waals surface area contributed by atoms with Crippen LogP contribution in [0.4, 0.5) is 0 Å². The van der Waals surface area contributed by atoms with Gasteiger partial charge in [0.25, 0.3) is 0 Å². The Labute approximate surface area is 532 Å². The summed E-state index contributed by atoms with van der Waals surface area (Å²) in [5, 5.41) is 0. The molecule has 0 aliphatic heterocycles. The third-order valence-electron chi connectivity index (χ3n) is 15.9. The molecule has 0 aromatic rings. The van der Waals surface area contributed by atoms with Crippen molar-refractivity contribution in [1.29, 1.82) is 0 Å². The normalized spacial score (nSPS) is 13.6. The fourth-order valence-electron chi connectivity index (χ4n) is 10.4. The summed E-state index contributed by atoms with van der Waals surface area (Å²) in [4.78, 5) is 35.9. The van der Waals surface area contributed by atoms with Crippen LogP contribution in [0.3, 0.4) is 0 Å². The summed E-state index contributed by atoms with van der Waals surface area (Å²) in [5.74, 6) is -0.791. The first kappa shape index (κ1) is 83.2. The van der Waals surface area contributed by atoms with E-state index in [0.29, 0.717) is 17.4 Å². The highest BCUT2D eigenvalue weighted by Crippen LogP contribution is 2.43. The lowest BCUT2D eigenvalue weighted by Gasteiger charge is -2.24. The number of carbonyl (C=O) groups is 2. The summed E-state index contributed by atoms with van der Waals surface area (Å²) in [6.07, 6.45) is 91.3. The topological polar surface area (TPSA) is 108 Å². The van der Waals surface area contributed by atoms with Crippen LogP contribution in [0.5, 0.6) is 0 Å². The van der Waals surface area contributed by atoms with Crippen molar-refractivity contribution in [3.63, 3.8) is 0 Å². The standard InChI is InChI=1S/C76H138NO8P/c1-6-8-10-12-14-16-18-20-22-24-26-28-30-31-32-33-34-35-36-37-38-39-40-41-42-43-44-45-47-48-50-52-54-56-58-60-62-64-66-68-75(78)82-72-74(73-84-86(80,81)83-71-70-77(3,4)5)85-76(79)69-67-65-63-61-59-57-55-53-51-49-46-29-27-25-23-21-19-17-15-13-11-9-7-2/h9,11,15,17-18,20-21,23-24,26-27,29-31,74H,6-8,10,12-14,16,19,22,25,28,32-73H2,1-5H3/p+1/b11-9-,17-15-,20-18-,23-21-,26-24-,29-27-,31-30-. The number of unbranched alkanes of at least 4 members (excludes halogenated alkanes) is 39. The van der Waals surface area contributed by atoms with E-state index in [4.69, 9.17) is 18.5 Å². The van der Waals surface area contributed by atoms with Crippen molar-refractivity contribution < 1.29 is 42.1 Å². The molecule has 10 heteroatoms. The molecule has 0 aliphatic rings. The average molecular weight is 1230 g/mol. The predicted molar refractivity (Wildman–Crippen MR) is 372 cm³/mol. The zero-order valence-electron chi connectivity index (χ0n) is 57.0. The molecule has 0 saturated heterocycles. The van der Waals surface area contributed by atoms with Gasteiger partial charge in [0.2, 0.25) is 0 Å². The van der Waals surface area contributed by atoms with Gasteiger partial charge in [-0.3, -0.25) is 18.6 Å². The number of phosphoric acid groups is 1. The molecule has 500 valence electrons. The van der Waals surface area contributed by atoms with Crippen LogP contribution in [0.15, 0.2) is 85.1 Å². The lowest BCUT2D eigenvalue weighted by Crippen LogP contribution is -2.37. The van der Waals surface area contributed by atoms with Gasteiger partial charge in [-0.05, 0) is 89.9 Å². The van der Waals surface area contributed by atoms with Gasteiger partial charge in [0.05, 0.1) is 27.7 Å². The molecule has 0 amide bonds. The molecule has 0 spiro atoms. The summed E-state index contributed by atoms with van der Waals surface area (Å²) in [6, 6.07) is 0. The number of ether oxygens (including phenoxy) is 2. The van der Waals surface area contributed by atoms with E-state index >= 15 is 0 Å². The molecule has 1 N–H and O–H groups in total. The van der Waals surface area contributed by atoms with E-state index in [1.165, 1.54) is 218 Å². The fourth-order valence-corrected chi connectivity index (χ4v) is 11.1. The quantitative estimate of drug-likeness (QED) is 0.0211. The van der Waals surface area contributed by atoms with E-state index in [0.717, 1.165) is 83.5 Å². The second-order valence-corrected chi connectivity index (χ2v) is 27.0. The Kier molecular flexibility index (Phi) is 64.4. The maximum atomic E-state index is 12.9. The van der Waals surface area contributed by atoms with Gasteiger partial charge in [-0.1, -0.05) is 317 Å². The van der Waals surface area contributed by atoms with Gasteiger partial charge >= 0.3 is 19.8 Å².